The number of amides is 2. The molecule has 1 fully saturated rings. The zero-order chi connectivity index (χ0) is 27.4. The quantitative estimate of drug-likeness (QED) is 0.353. The van der Waals surface area contributed by atoms with Gasteiger partial charge in [-0.25, -0.2) is 4.98 Å². The molecular weight excluding hydrogens is 478 g/mol. The average molecular weight is 514 g/mol. The fourth-order valence-electron chi connectivity index (χ4n) is 4.31. The van der Waals surface area contributed by atoms with Gasteiger partial charge in [0, 0.05) is 25.0 Å². The van der Waals surface area contributed by atoms with Gasteiger partial charge in [-0.15, -0.1) is 0 Å². The van der Waals surface area contributed by atoms with Crippen LogP contribution in [-0.2, 0) is 16.8 Å². The minimum absolute atomic E-state index is 0.0813. The molecular formula is C30H35N5O3. The number of fused-ring (bicyclic) bond motifs is 1. The van der Waals surface area contributed by atoms with E-state index in [1.54, 1.807) is 7.05 Å². The standard InChI is InChI=1S/C28H29N5O3.C2H6/c1-5-32(4)27(35)22-12-19(7-6-18(22)2)20-8-9-23-24(13-20)31-25(30-23)14-29-26(34)21-10-11-33(15-21)28(3)16-36-17-28;1-2/h5-13,15H,1,14,16-17H2,2-4H3,(H,29,34)(H,30,31);1-2H3. The predicted octanol–water partition coefficient (Wildman–Crippen LogP) is 5.26. The van der Waals surface area contributed by atoms with Gasteiger partial charge in [0.05, 0.1) is 41.9 Å². The van der Waals surface area contributed by atoms with Gasteiger partial charge in [0.15, 0.2) is 0 Å². The fraction of sp³-hybridized carbons (Fsp3) is 0.300. The zero-order valence-corrected chi connectivity index (χ0v) is 22.7. The molecule has 0 unspecified atom stereocenters. The molecule has 198 valence electrons. The second-order valence-electron chi connectivity index (χ2n) is 9.52. The van der Waals surface area contributed by atoms with E-state index in [0.717, 1.165) is 27.7 Å². The van der Waals surface area contributed by atoms with Crippen LogP contribution in [0.2, 0.25) is 0 Å². The van der Waals surface area contributed by atoms with Crippen LogP contribution in [-0.4, -0.2) is 51.5 Å². The number of aromatic nitrogens is 3. The number of aryl methyl sites for hydroxylation is 1. The zero-order valence-electron chi connectivity index (χ0n) is 22.7. The lowest BCUT2D eigenvalue weighted by atomic mass is 9.99. The van der Waals surface area contributed by atoms with E-state index >= 15 is 0 Å². The summed E-state index contributed by atoms with van der Waals surface area (Å²) in [5.41, 5.74) is 5.63. The topological polar surface area (TPSA) is 92.2 Å². The maximum Gasteiger partial charge on any atom is 0.257 e. The molecule has 0 bridgehead atoms. The third-order valence-corrected chi connectivity index (χ3v) is 6.75. The van der Waals surface area contributed by atoms with Crippen molar-refractivity contribution in [2.75, 3.05) is 20.3 Å². The summed E-state index contributed by atoms with van der Waals surface area (Å²) in [4.78, 5) is 34.7. The predicted molar refractivity (Wildman–Crippen MR) is 150 cm³/mol. The van der Waals surface area contributed by atoms with E-state index in [1.165, 1.54) is 11.1 Å². The molecule has 0 atom stereocenters. The van der Waals surface area contributed by atoms with Crippen molar-refractivity contribution in [3.8, 4) is 11.1 Å². The molecule has 8 nitrogen and oxygen atoms in total. The Morgan fingerprint density at radius 1 is 1.18 bits per heavy atom. The molecule has 1 aliphatic rings. The van der Waals surface area contributed by atoms with Crippen molar-refractivity contribution < 1.29 is 14.3 Å². The first kappa shape index (κ1) is 26.9. The number of benzene rings is 2. The molecule has 0 spiro atoms. The summed E-state index contributed by atoms with van der Waals surface area (Å²) in [6.45, 7) is 13.3. The summed E-state index contributed by atoms with van der Waals surface area (Å²) in [6, 6.07) is 13.6. The van der Waals surface area contributed by atoms with Crippen molar-refractivity contribution >= 4 is 22.8 Å². The minimum Gasteiger partial charge on any atom is -0.376 e. The van der Waals surface area contributed by atoms with Crippen LogP contribution in [0.3, 0.4) is 0 Å². The number of carbonyl (C=O) groups excluding carboxylic acids is 2. The molecule has 2 amide bonds. The SMILES string of the molecule is C=CN(C)C(=O)c1cc(-c2ccc3nc(CNC(=O)c4ccn(C5(C)COC5)c4)[nH]c3c2)ccc1C.CC. The summed E-state index contributed by atoms with van der Waals surface area (Å²) >= 11 is 0. The Balaban J connectivity index is 0.00000164. The van der Waals surface area contributed by atoms with E-state index in [1.807, 2.05) is 80.2 Å². The first-order chi connectivity index (χ1) is 18.3. The van der Waals surface area contributed by atoms with Crippen LogP contribution in [0, 0.1) is 6.92 Å². The van der Waals surface area contributed by atoms with Crippen molar-refractivity contribution in [2.45, 2.75) is 39.8 Å². The van der Waals surface area contributed by atoms with E-state index in [9.17, 15) is 9.59 Å². The minimum atomic E-state index is -0.153. The lowest BCUT2D eigenvalue weighted by Crippen LogP contribution is -2.48. The summed E-state index contributed by atoms with van der Waals surface area (Å²) in [7, 11) is 1.69. The molecule has 2 aromatic carbocycles. The molecule has 0 radical (unpaired) electrons. The number of carbonyl (C=O) groups is 2. The Hall–Kier alpha value is -4.17. The van der Waals surface area contributed by atoms with Crippen molar-refractivity contribution in [1.29, 1.82) is 0 Å². The summed E-state index contributed by atoms with van der Waals surface area (Å²) in [6.07, 6.45) is 5.28. The average Bonchev–Trinajstić information content (AvgIpc) is 3.58. The highest BCUT2D eigenvalue weighted by Gasteiger charge is 2.35. The molecule has 38 heavy (non-hydrogen) atoms. The summed E-state index contributed by atoms with van der Waals surface area (Å²) < 4.78 is 7.35. The van der Waals surface area contributed by atoms with E-state index in [0.29, 0.717) is 30.2 Å². The molecule has 3 heterocycles. The van der Waals surface area contributed by atoms with Crippen LogP contribution in [0.15, 0.2) is 67.6 Å². The van der Waals surface area contributed by atoms with Gasteiger partial charge in [-0.1, -0.05) is 38.6 Å². The molecule has 8 heteroatoms. The van der Waals surface area contributed by atoms with Crippen LogP contribution < -0.4 is 5.32 Å². The molecule has 5 rings (SSSR count). The third kappa shape index (κ3) is 5.26. The van der Waals surface area contributed by atoms with Crippen molar-refractivity contribution in [3.63, 3.8) is 0 Å². The number of nitrogens with zero attached hydrogens (tertiary/aromatic N) is 3. The van der Waals surface area contributed by atoms with Crippen LogP contribution in [0.1, 0.15) is 52.9 Å². The number of ether oxygens (including phenoxy) is 1. The Morgan fingerprint density at radius 3 is 2.58 bits per heavy atom. The first-order valence-corrected chi connectivity index (χ1v) is 12.8. The maximum absolute atomic E-state index is 12.7. The van der Waals surface area contributed by atoms with Gasteiger partial charge in [0.25, 0.3) is 11.8 Å². The lowest BCUT2D eigenvalue weighted by Gasteiger charge is -2.39. The second kappa shape index (κ2) is 11.1. The largest absolute Gasteiger partial charge is 0.376 e. The molecule has 2 aromatic heterocycles. The smallest absolute Gasteiger partial charge is 0.257 e. The highest BCUT2D eigenvalue weighted by Crippen LogP contribution is 2.27. The van der Waals surface area contributed by atoms with Gasteiger partial charge in [-0.3, -0.25) is 9.59 Å². The fourth-order valence-corrected chi connectivity index (χ4v) is 4.31. The van der Waals surface area contributed by atoms with Gasteiger partial charge in [0.1, 0.15) is 5.82 Å². The molecule has 4 aromatic rings. The van der Waals surface area contributed by atoms with Crippen LogP contribution >= 0.6 is 0 Å². The van der Waals surface area contributed by atoms with Gasteiger partial charge in [0.2, 0.25) is 0 Å². The molecule has 1 aliphatic heterocycles. The van der Waals surface area contributed by atoms with E-state index in [2.05, 4.69) is 28.8 Å². The van der Waals surface area contributed by atoms with Crippen LogP contribution in [0.5, 0.6) is 0 Å². The Morgan fingerprint density at radius 2 is 1.89 bits per heavy atom. The van der Waals surface area contributed by atoms with E-state index in [-0.39, 0.29) is 23.9 Å². The number of H-pyrrole nitrogens is 1. The number of rotatable bonds is 7. The van der Waals surface area contributed by atoms with Gasteiger partial charge in [-0.2, -0.15) is 0 Å². The number of nitrogens with one attached hydrogen (secondary N) is 2. The van der Waals surface area contributed by atoms with Crippen molar-refractivity contribution in [2.24, 2.45) is 0 Å². The normalized spacial score (nSPS) is 13.7. The first-order valence-electron chi connectivity index (χ1n) is 12.8. The van der Waals surface area contributed by atoms with Crippen LogP contribution in [0.4, 0.5) is 0 Å². The van der Waals surface area contributed by atoms with E-state index < -0.39 is 0 Å². The van der Waals surface area contributed by atoms with Crippen LogP contribution in [0.25, 0.3) is 22.2 Å². The molecule has 2 N–H and O–H groups in total. The Bertz CT molecular complexity index is 1480. The molecule has 1 saturated heterocycles. The Labute approximate surface area is 223 Å². The van der Waals surface area contributed by atoms with Gasteiger partial charge >= 0.3 is 0 Å². The van der Waals surface area contributed by atoms with E-state index in [4.69, 9.17) is 4.74 Å². The van der Waals surface area contributed by atoms with Crippen molar-refractivity contribution in [3.05, 3.63) is 90.2 Å². The number of aromatic amines is 1. The van der Waals surface area contributed by atoms with Gasteiger partial charge < -0.3 is 24.5 Å². The lowest BCUT2D eigenvalue weighted by molar-refractivity contribution is -0.0895. The highest BCUT2D eigenvalue weighted by atomic mass is 16.5. The highest BCUT2D eigenvalue weighted by molar-refractivity contribution is 5.97. The van der Waals surface area contributed by atoms with Crippen molar-refractivity contribution in [1.82, 2.24) is 24.8 Å². The summed E-state index contributed by atoms with van der Waals surface area (Å²) in [5.74, 6) is 0.414. The third-order valence-electron chi connectivity index (χ3n) is 6.75. The van der Waals surface area contributed by atoms with Gasteiger partial charge in [-0.05, 0) is 61.0 Å². The monoisotopic (exact) mass is 513 g/mol. The number of hydrogen-bond acceptors (Lipinski definition) is 4. The number of imidazole rings is 1. The Kier molecular flexibility index (Phi) is 7.83. The molecule has 0 aliphatic carbocycles. The number of hydrogen-bond donors (Lipinski definition) is 2. The second-order valence-corrected chi connectivity index (χ2v) is 9.52. The molecule has 0 saturated carbocycles. The maximum atomic E-state index is 12.7. The summed E-state index contributed by atoms with van der Waals surface area (Å²) in [5, 5.41) is 2.94.